The molecule has 0 spiro atoms. The van der Waals surface area contributed by atoms with E-state index in [1.165, 1.54) is 22.2 Å². The summed E-state index contributed by atoms with van der Waals surface area (Å²) in [4.78, 5) is 31.4. The lowest BCUT2D eigenvalue weighted by Crippen LogP contribution is -2.34. The van der Waals surface area contributed by atoms with Crippen LogP contribution in [0.1, 0.15) is 29.0 Å². The van der Waals surface area contributed by atoms with Gasteiger partial charge in [0, 0.05) is 4.88 Å². The zero-order valence-electron chi connectivity index (χ0n) is 16.0. The summed E-state index contributed by atoms with van der Waals surface area (Å²) < 4.78 is 1.38. The maximum Gasteiger partial charge on any atom is 0.262 e. The molecular formula is C22H21N3O2S. The maximum absolute atomic E-state index is 12.7. The Hall–Kier alpha value is -2.99. The summed E-state index contributed by atoms with van der Waals surface area (Å²) >= 11 is 1.50. The minimum absolute atomic E-state index is 0.0476. The highest BCUT2D eigenvalue weighted by atomic mass is 32.1. The molecule has 0 aliphatic heterocycles. The average molecular weight is 391 g/mol. The summed E-state index contributed by atoms with van der Waals surface area (Å²) in [5, 5.41) is 5.89. The minimum Gasteiger partial charge on any atom is -0.348 e. The molecule has 142 valence electrons. The van der Waals surface area contributed by atoms with Crippen LogP contribution in [0.15, 0.2) is 53.6 Å². The predicted octanol–water partition coefficient (Wildman–Crippen LogP) is 4.11. The Balaban J connectivity index is 1.53. The van der Waals surface area contributed by atoms with Gasteiger partial charge in [-0.15, -0.1) is 11.3 Å². The van der Waals surface area contributed by atoms with Crippen molar-refractivity contribution in [1.29, 1.82) is 0 Å². The van der Waals surface area contributed by atoms with E-state index in [1.807, 2.05) is 39.0 Å². The average Bonchev–Trinajstić information content (AvgIpc) is 2.98. The molecule has 28 heavy (non-hydrogen) atoms. The number of carbonyl (C=O) groups is 1. The minimum atomic E-state index is -0.214. The number of nitrogens with zero attached hydrogens (tertiary/aromatic N) is 2. The van der Waals surface area contributed by atoms with Crippen LogP contribution in [0.4, 0.5) is 0 Å². The van der Waals surface area contributed by atoms with Gasteiger partial charge in [0.2, 0.25) is 5.91 Å². The second kappa shape index (κ2) is 7.20. The molecule has 2 aromatic carbocycles. The molecule has 1 amide bonds. The molecule has 1 atom stereocenters. The molecule has 6 heteroatoms. The fourth-order valence-corrected chi connectivity index (χ4v) is 4.37. The van der Waals surface area contributed by atoms with Gasteiger partial charge >= 0.3 is 0 Å². The van der Waals surface area contributed by atoms with Crippen molar-refractivity contribution in [2.45, 2.75) is 33.4 Å². The Morgan fingerprint density at radius 2 is 1.93 bits per heavy atom. The first-order valence-corrected chi connectivity index (χ1v) is 9.99. The molecule has 1 N–H and O–H groups in total. The van der Waals surface area contributed by atoms with Crippen molar-refractivity contribution in [3.05, 3.63) is 75.1 Å². The van der Waals surface area contributed by atoms with Gasteiger partial charge in [0.05, 0.1) is 17.8 Å². The molecule has 0 radical (unpaired) electrons. The van der Waals surface area contributed by atoms with E-state index in [4.69, 9.17) is 0 Å². The SMILES string of the molecule is Cc1sc2ncn(CC(=O)N[C@@H](C)c3ccc4ccccc4c3)c(=O)c2c1C. The van der Waals surface area contributed by atoms with Crippen LogP contribution in [0.3, 0.4) is 0 Å². The highest BCUT2D eigenvalue weighted by Crippen LogP contribution is 2.25. The van der Waals surface area contributed by atoms with Crippen molar-refractivity contribution >= 4 is 38.2 Å². The Labute approximate surface area is 166 Å². The molecule has 2 aromatic heterocycles. The highest BCUT2D eigenvalue weighted by Gasteiger charge is 2.15. The van der Waals surface area contributed by atoms with E-state index in [9.17, 15) is 9.59 Å². The number of fused-ring (bicyclic) bond motifs is 2. The zero-order chi connectivity index (χ0) is 19.8. The van der Waals surface area contributed by atoms with Gasteiger partial charge in [-0.1, -0.05) is 36.4 Å². The number of rotatable bonds is 4. The van der Waals surface area contributed by atoms with E-state index in [-0.39, 0.29) is 24.1 Å². The fourth-order valence-electron chi connectivity index (χ4n) is 3.38. The lowest BCUT2D eigenvalue weighted by atomic mass is 10.0. The van der Waals surface area contributed by atoms with Gasteiger partial charge in [-0.2, -0.15) is 0 Å². The molecule has 5 nitrogen and oxygen atoms in total. The molecule has 0 unspecified atom stereocenters. The van der Waals surface area contributed by atoms with Crippen molar-refractivity contribution in [2.24, 2.45) is 0 Å². The molecule has 4 rings (SSSR count). The van der Waals surface area contributed by atoms with Crippen molar-refractivity contribution in [2.75, 3.05) is 0 Å². The number of thiophene rings is 1. The normalized spacial score (nSPS) is 12.4. The molecule has 0 saturated heterocycles. The van der Waals surface area contributed by atoms with Gasteiger partial charge in [0.15, 0.2) is 0 Å². The summed E-state index contributed by atoms with van der Waals surface area (Å²) in [5.41, 5.74) is 1.80. The van der Waals surface area contributed by atoms with Crippen LogP contribution in [0.2, 0.25) is 0 Å². The summed E-state index contributed by atoms with van der Waals surface area (Å²) in [5.74, 6) is -0.214. The molecule has 0 aliphatic carbocycles. The number of nitrogens with one attached hydrogen (secondary N) is 1. The van der Waals surface area contributed by atoms with Gasteiger partial charge in [-0.05, 0) is 48.7 Å². The smallest absolute Gasteiger partial charge is 0.262 e. The van der Waals surface area contributed by atoms with Gasteiger partial charge < -0.3 is 5.32 Å². The molecule has 0 bridgehead atoms. The van der Waals surface area contributed by atoms with Crippen molar-refractivity contribution in [1.82, 2.24) is 14.9 Å². The van der Waals surface area contributed by atoms with Crippen LogP contribution >= 0.6 is 11.3 Å². The zero-order valence-corrected chi connectivity index (χ0v) is 16.8. The fraction of sp³-hybridized carbons (Fsp3) is 0.227. The number of aryl methyl sites for hydroxylation is 2. The third-order valence-electron chi connectivity index (χ3n) is 5.12. The molecule has 2 heterocycles. The van der Waals surface area contributed by atoms with Gasteiger partial charge in [0.25, 0.3) is 5.56 Å². The van der Waals surface area contributed by atoms with Crippen LogP contribution in [0, 0.1) is 13.8 Å². The molecule has 0 fully saturated rings. The van der Waals surface area contributed by atoms with Crippen molar-refractivity contribution in [3.63, 3.8) is 0 Å². The second-order valence-corrected chi connectivity index (χ2v) is 8.24. The Bertz CT molecular complexity index is 1260. The number of amides is 1. The quantitative estimate of drug-likeness (QED) is 0.569. The monoisotopic (exact) mass is 391 g/mol. The van der Waals surface area contributed by atoms with Crippen LogP contribution in [0.25, 0.3) is 21.0 Å². The first kappa shape index (κ1) is 18.4. The summed E-state index contributed by atoms with van der Waals surface area (Å²) in [6.45, 7) is 5.79. The number of aromatic nitrogens is 2. The van der Waals surface area contributed by atoms with E-state index >= 15 is 0 Å². The maximum atomic E-state index is 12.7. The number of carbonyl (C=O) groups excluding carboxylic acids is 1. The number of benzene rings is 2. The van der Waals surface area contributed by atoms with Crippen LogP contribution in [-0.2, 0) is 11.3 Å². The van der Waals surface area contributed by atoms with E-state index in [1.54, 1.807) is 0 Å². The summed E-state index contributed by atoms with van der Waals surface area (Å²) in [6.07, 6.45) is 1.46. The summed E-state index contributed by atoms with van der Waals surface area (Å²) in [6, 6.07) is 14.1. The van der Waals surface area contributed by atoms with E-state index < -0.39 is 0 Å². The summed E-state index contributed by atoms with van der Waals surface area (Å²) in [7, 11) is 0. The van der Waals surface area contributed by atoms with Crippen LogP contribution < -0.4 is 10.9 Å². The first-order chi connectivity index (χ1) is 13.4. The number of hydrogen-bond acceptors (Lipinski definition) is 4. The van der Waals surface area contributed by atoms with E-state index in [2.05, 4.69) is 34.6 Å². The van der Waals surface area contributed by atoms with Gasteiger partial charge in [-0.3, -0.25) is 14.2 Å². The van der Waals surface area contributed by atoms with Crippen molar-refractivity contribution < 1.29 is 4.79 Å². The Morgan fingerprint density at radius 3 is 2.71 bits per heavy atom. The van der Waals surface area contributed by atoms with Crippen LogP contribution in [-0.4, -0.2) is 15.5 Å². The third-order valence-corrected chi connectivity index (χ3v) is 6.24. The molecule has 0 aliphatic rings. The Kier molecular flexibility index (Phi) is 4.73. The second-order valence-electron chi connectivity index (χ2n) is 7.04. The lowest BCUT2D eigenvalue weighted by Gasteiger charge is -2.15. The predicted molar refractivity (Wildman–Crippen MR) is 114 cm³/mol. The standard InChI is InChI=1S/C22H21N3O2S/c1-13-15(3)28-21-20(13)22(27)25(12-23-21)11-19(26)24-14(2)17-9-8-16-6-4-5-7-18(16)10-17/h4-10,12,14H,11H2,1-3H3,(H,24,26)/t14-/m0/s1. The molecular weight excluding hydrogens is 370 g/mol. The Morgan fingerprint density at radius 1 is 1.18 bits per heavy atom. The topological polar surface area (TPSA) is 64.0 Å². The molecule has 4 aromatic rings. The van der Waals surface area contributed by atoms with E-state index in [0.29, 0.717) is 5.39 Å². The third kappa shape index (κ3) is 3.31. The largest absolute Gasteiger partial charge is 0.348 e. The van der Waals surface area contributed by atoms with Crippen LogP contribution in [0.5, 0.6) is 0 Å². The van der Waals surface area contributed by atoms with Gasteiger partial charge in [-0.25, -0.2) is 4.98 Å². The highest BCUT2D eigenvalue weighted by molar-refractivity contribution is 7.18. The first-order valence-electron chi connectivity index (χ1n) is 9.17. The van der Waals surface area contributed by atoms with E-state index in [0.717, 1.165) is 31.6 Å². The van der Waals surface area contributed by atoms with Crippen molar-refractivity contribution in [3.8, 4) is 0 Å². The lowest BCUT2D eigenvalue weighted by molar-refractivity contribution is -0.122. The molecule has 0 saturated carbocycles. The van der Waals surface area contributed by atoms with Gasteiger partial charge in [0.1, 0.15) is 11.4 Å². The number of hydrogen-bond donors (Lipinski definition) is 1.